The van der Waals surface area contributed by atoms with E-state index in [0.29, 0.717) is 0 Å². The van der Waals surface area contributed by atoms with E-state index in [9.17, 15) is 0 Å². The Balaban J connectivity index is 1.84. The van der Waals surface area contributed by atoms with Crippen molar-refractivity contribution in [3.05, 3.63) is 70.8 Å². The van der Waals surface area contributed by atoms with E-state index in [1.165, 1.54) is 22.3 Å². The fourth-order valence-corrected chi connectivity index (χ4v) is 2.40. The molecule has 0 radical (unpaired) electrons. The Hall–Kier alpha value is -1.64. The van der Waals surface area contributed by atoms with Crippen LogP contribution < -0.4 is 10.6 Å². The maximum atomic E-state index is 3.50. The molecule has 2 aromatic carbocycles. The average molecular weight is 238 g/mol. The van der Waals surface area contributed by atoms with Gasteiger partial charge in [0.25, 0.3) is 0 Å². The minimum absolute atomic E-state index is 0.929. The Morgan fingerprint density at radius 3 is 1.22 bits per heavy atom. The molecule has 0 atom stereocenters. The first kappa shape index (κ1) is 11.5. The lowest BCUT2D eigenvalue weighted by molar-refractivity contribution is 0.669. The van der Waals surface area contributed by atoms with Gasteiger partial charge in [-0.2, -0.15) is 0 Å². The van der Waals surface area contributed by atoms with Crippen LogP contribution in [0.1, 0.15) is 22.3 Å². The van der Waals surface area contributed by atoms with E-state index in [0.717, 1.165) is 26.2 Å². The zero-order chi connectivity index (χ0) is 12.2. The molecule has 2 N–H and O–H groups in total. The summed E-state index contributed by atoms with van der Waals surface area (Å²) in [5, 5.41) is 7.00. The first-order chi connectivity index (χ1) is 8.90. The second kappa shape index (κ2) is 5.34. The zero-order valence-corrected chi connectivity index (χ0v) is 10.4. The molecule has 0 amide bonds. The predicted molar refractivity (Wildman–Crippen MR) is 74.0 cm³/mol. The number of fused-ring (bicyclic) bond motifs is 4. The third-order valence-electron chi connectivity index (χ3n) is 3.30. The van der Waals surface area contributed by atoms with E-state index in [1.807, 2.05) is 0 Å². The van der Waals surface area contributed by atoms with Gasteiger partial charge in [0.2, 0.25) is 0 Å². The molecule has 2 nitrogen and oxygen atoms in total. The van der Waals surface area contributed by atoms with E-state index in [4.69, 9.17) is 0 Å². The lowest BCUT2D eigenvalue weighted by atomic mass is 10.1. The lowest BCUT2D eigenvalue weighted by Crippen LogP contribution is -2.17. The largest absolute Gasteiger partial charge is 0.309 e. The molecule has 0 saturated heterocycles. The SMILES string of the molecule is c1cc2cc(c1)CNCc1cccc(c1)CNC2. The third kappa shape index (κ3) is 2.78. The zero-order valence-electron chi connectivity index (χ0n) is 10.4. The van der Waals surface area contributed by atoms with Gasteiger partial charge in [-0.25, -0.2) is 0 Å². The maximum Gasteiger partial charge on any atom is 0.0208 e. The molecule has 0 aromatic heterocycles. The molecule has 0 saturated carbocycles. The predicted octanol–water partition coefficient (Wildman–Crippen LogP) is 2.58. The normalized spacial score (nSPS) is 15.6. The highest BCUT2D eigenvalue weighted by Gasteiger charge is 2.01. The monoisotopic (exact) mass is 238 g/mol. The van der Waals surface area contributed by atoms with Crippen molar-refractivity contribution in [1.29, 1.82) is 0 Å². The minimum atomic E-state index is 0.929. The van der Waals surface area contributed by atoms with E-state index < -0.39 is 0 Å². The molecule has 1 heterocycles. The third-order valence-corrected chi connectivity index (χ3v) is 3.30. The fourth-order valence-electron chi connectivity index (χ4n) is 2.40. The van der Waals surface area contributed by atoms with E-state index in [2.05, 4.69) is 59.2 Å². The quantitative estimate of drug-likeness (QED) is 0.737. The van der Waals surface area contributed by atoms with Gasteiger partial charge in [-0.1, -0.05) is 48.5 Å². The summed E-state index contributed by atoms with van der Waals surface area (Å²) in [4.78, 5) is 0. The van der Waals surface area contributed by atoms with Gasteiger partial charge in [0.1, 0.15) is 0 Å². The van der Waals surface area contributed by atoms with Crippen molar-refractivity contribution >= 4 is 0 Å². The molecular formula is C16H18N2. The number of hydrogen-bond donors (Lipinski definition) is 2. The Labute approximate surface area is 108 Å². The standard InChI is InChI=1S/C16H18N2/c1-3-13-7-14(4-1)10-18-12-16-6-2-5-15(8-16)11-17-9-13/h1-8,17-18H,9-12H2. The molecule has 2 heteroatoms. The molecule has 0 spiro atoms. The molecule has 18 heavy (non-hydrogen) atoms. The summed E-state index contributed by atoms with van der Waals surface area (Å²) in [6.07, 6.45) is 0. The van der Waals surface area contributed by atoms with Crippen LogP contribution in [0, 0.1) is 0 Å². The van der Waals surface area contributed by atoms with E-state index in [-0.39, 0.29) is 0 Å². The maximum absolute atomic E-state index is 3.50. The van der Waals surface area contributed by atoms with Crippen LogP contribution in [-0.2, 0) is 26.2 Å². The Morgan fingerprint density at radius 2 is 0.889 bits per heavy atom. The number of rotatable bonds is 0. The highest BCUT2D eigenvalue weighted by atomic mass is 14.9. The van der Waals surface area contributed by atoms with Crippen LogP contribution in [0.4, 0.5) is 0 Å². The summed E-state index contributed by atoms with van der Waals surface area (Å²) in [7, 11) is 0. The van der Waals surface area contributed by atoms with Crippen molar-refractivity contribution < 1.29 is 0 Å². The van der Waals surface area contributed by atoms with Crippen molar-refractivity contribution in [2.75, 3.05) is 0 Å². The van der Waals surface area contributed by atoms with Crippen LogP contribution in [0.2, 0.25) is 0 Å². The van der Waals surface area contributed by atoms with Crippen LogP contribution in [0.15, 0.2) is 48.5 Å². The summed E-state index contributed by atoms with van der Waals surface area (Å²) in [6, 6.07) is 17.5. The van der Waals surface area contributed by atoms with Crippen LogP contribution in [0.25, 0.3) is 0 Å². The van der Waals surface area contributed by atoms with E-state index in [1.54, 1.807) is 0 Å². The molecule has 2 aromatic rings. The molecule has 0 fully saturated rings. The topological polar surface area (TPSA) is 24.1 Å². The summed E-state index contributed by atoms with van der Waals surface area (Å²) in [5.74, 6) is 0. The van der Waals surface area contributed by atoms with Crippen LogP contribution in [-0.4, -0.2) is 0 Å². The Kier molecular flexibility index (Phi) is 3.40. The molecule has 4 bridgehead atoms. The highest BCUT2D eigenvalue weighted by molar-refractivity contribution is 5.26. The van der Waals surface area contributed by atoms with Gasteiger partial charge in [0, 0.05) is 26.2 Å². The first-order valence-electron chi connectivity index (χ1n) is 6.47. The summed E-state index contributed by atoms with van der Waals surface area (Å²) in [6.45, 7) is 3.71. The minimum Gasteiger partial charge on any atom is -0.309 e. The van der Waals surface area contributed by atoms with Crippen LogP contribution >= 0.6 is 0 Å². The van der Waals surface area contributed by atoms with Crippen LogP contribution in [0.5, 0.6) is 0 Å². The van der Waals surface area contributed by atoms with Gasteiger partial charge >= 0.3 is 0 Å². The van der Waals surface area contributed by atoms with Gasteiger partial charge in [0.05, 0.1) is 0 Å². The van der Waals surface area contributed by atoms with Gasteiger partial charge in [-0.3, -0.25) is 0 Å². The van der Waals surface area contributed by atoms with Gasteiger partial charge in [0.15, 0.2) is 0 Å². The van der Waals surface area contributed by atoms with Gasteiger partial charge in [-0.05, 0) is 22.3 Å². The molecular weight excluding hydrogens is 220 g/mol. The number of nitrogens with one attached hydrogen (secondary N) is 2. The summed E-state index contributed by atoms with van der Waals surface area (Å²) in [5.41, 5.74) is 5.41. The summed E-state index contributed by atoms with van der Waals surface area (Å²) < 4.78 is 0. The Morgan fingerprint density at radius 1 is 0.556 bits per heavy atom. The fraction of sp³-hybridized carbons (Fsp3) is 0.250. The molecule has 1 aliphatic heterocycles. The molecule has 0 unspecified atom stereocenters. The highest BCUT2D eigenvalue weighted by Crippen LogP contribution is 2.09. The van der Waals surface area contributed by atoms with Crippen LogP contribution in [0.3, 0.4) is 0 Å². The molecule has 1 aliphatic rings. The smallest absolute Gasteiger partial charge is 0.0208 e. The van der Waals surface area contributed by atoms with Crippen molar-refractivity contribution in [3.63, 3.8) is 0 Å². The second-order valence-electron chi connectivity index (χ2n) is 4.85. The molecule has 0 aliphatic carbocycles. The summed E-state index contributed by atoms with van der Waals surface area (Å²) >= 11 is 0. The van der Waals surface area contributed by atoms with Crippen molar-refractivity contribution in [3.8, 4) is 0 Å². The van der Waals surface area contributed by atoms with Gasteiger partial charge in [-0.15, -0.1) is 0 Å². The molecule has 3 rings (SSSR count). The van der Waals surface area contributed by atoms with Crippen molar-refractivity contribution in [2.24, 2.45) is 0 Å². The van der Waals surface area contributed by atoms with Gasteiger partial charge < -0.3 is 10.6 Å². The lowest BCUT2D eigenvalue weighted by Gasteiger charge is -2.12. The van der Waals surface area contributed by atoms with Crippen molar-refractivity contribution in [2.45, 2.75) is 26.2 Å². The molecule has 92 valence electrons. The second-order valence-corrected chi connectivity index (χ2v) is 4.85. The average Bonchev–Trinajstić information content (AvgIpc) is 2.39. The number of hydrogen-bond acceptors (Lipinski definition) is 2. The van der Waals surface area contributed by atoms with E-state index >= 15 is 0 Å². The first-order valence-corrected chi connectivity index (χ1v) is 6.47. The Bertz CT molecular complexity index is 446. The number of benzene rings is 2. The van der Waals surface area contributed by atoms with Crippen molar-refractivity contribution in [1.82, 2.24) is 10.6 Å².